The molecule has 0 aromatic heterocycles. The van der Waals surface area contributed by atoms with Crippen LogP contribution in [0.3, 0.4) is 0 Å². The Bertz CT molecular complexity index is 443. The first-order valence-corrected chi connectivity index (χ1v) is 7.99. The smallest absolute Gasteiger partial charge is 0.224 e. The van der Waals surface area contributed by atoms with Crippen LogP contribution in [0.2, 0.25) is 0 Å². The van der Waals surface area contributed by atoms with Gasteiger partial charge in [-0.25, -0.2) is 0 Å². The van der Waals surface area contributed by atoms with E-state index in [2.05, 4.69) is 17.6 Å². The van der Waals surface area contributed by atoms with Crippen molar-refractivity contribution in [2.24, 2.45) is 0 Å². The van der Waals surface area contributed by atoms with Gasteiger partial charge in [0.1, 0.15) is 0 Å². The molecule has 1 aromatic carbocycles. The largest absolute Gasteiger partial charge is 0.382 e. The monoisotopic (exact) mass is 290 g/mol. The van der Waals surface area contributed by atoms with Gasteiger partial charge in [0.15, 0.2) is 0 Å². The van der Waals surface area contributed by atoms with Crippen LogP contribution in [0.4, 0.5) is 11.4 Å². The molecule has 1 amide bonds. The first-order valence-electron chi connectivity index (χ1n) is 7.99. The van der Waals surface area contributed by atoms with E-state index in [1.807, 2.05) is 31.2 Å². The molecule has 0 bridgehead atoms. The van der Waals surface area contributed by atoms with Crippen molar-refractivity contribution in [2.45, 2.75) is 58.1 Å². The highest BCUT2D eigenvalue weighted by Crippen LogP contribution is 2.22. The van der Waals surface area contributed by atoms with Gasteiger partial charge in [-0.3, -0.25) is 4.79 Å². The summed E-state index contributed by atoms with van der Waals surface area (Å²) in [6.45, 7) is 4.89. The molecule has 4 nitrogen and oxygen atoms in total. The molecule has 1 aliphatic rings. The summed E-state index contributed by atoms with van der Waals surface area (Å²) < 4.78 is 5.77. The minimum Gasteiger partial charge on any atom is -0.382 e. The van der Waals surface area contributed by atoms with Gasteiger partial charge in [0, 0.05) is 30.4 Å². The number of ether oxygens (including phenoxy) is 1. The fourth-order valence-corrected chi connectivity index (χ4v) is 2.67. The summed E-state index contributed by atoms with van der Waals surface area (Å²) >= 11 is 0. The van der Waals surface area contributed by atoms with Crippen molar-refractivity contribution < 1.29 is 9.53 Å². The zero-order chi connectivity index (χ0) is 15.1. The van der Waals surface area contributed by atoms with Gasteiger partial charge in [0.2, 0.25) is 5.91 Å². The number of amides is 1. The van der Waals surface area contributed by atoms with Crippen LogP contribution in [0, 0.1) is 0 Å². The van der Waals surface area contributed by atoms with Crippen molar-refractivity contribution in [3.63, 3.8) is 0 Å². The van der Waals surface area contributed by atoms with E-state index in [9.17, 15) is 4.79 Å². The fraction of sp³-hybridized carbons (Fsp3) is 0.588. The first kappa shape index (κ1) is 15.8. The van der Waals surface area contributed by atoms with E-state index in [0.717, 1.165) is 37.2 Å². The zero-order valence-corrected chi connectivity index (χ0v) is 13.0. The number of rotatable bonds is 6. The van der Waals surface area contributed by atoms with Gasteiger partial charge in [0.05, 0.1) is 6.10 Å². The molecule has 0 aliphatic carbocycles. The molecule has 1 saturated heterocycles. The molecule has 1 aromatic rings. The fourth-order valence-electron chi connectivity index (χ4n) is 2.67. The maximum absolute atomic E-state index is 11.3. The standard InChI is InChI=1S/C17H26N2O2/c1-3-5-16-12-15(10-11-21-16)18-13-6-8-14(9-7-13)19-17(20)4-2/h6-9,15-16,18H,3-5,10-12H2,1-2H3,(H,19,20). The number of carbonyl (C=O) groups excluding carboxylic acids is 1. The Morgan fingerprint density at radius 3 is 2.62 bits per heavy atom. The summed E-state index contributed by atoms with van der Waals surface area (Å²) in [5.41, 5.74) is 1.95. The van der Waals surface area contributed by atoms with E-state index in [4.69, 9.17) is 4.74 Å². The molecule has 0 saturated carbocycles. The summed E-state index contributed by atoms with van der Waals surface area (Å²) in [6.07, 6.45) is 5.32. The second-order valence-corrected chi connectivity index (χ2v) is 5.63. The molecule has 2 N–H and O–H groups in total. The van der Waals surface area contributed by atoms with E-state index >= 15 is 0 Å². The number of carbonyl (C=O) groups is 1. The Morgan fingerprint density at radius 2 is 1.95 bits per heavy atom. The molecule has 0 radical (unpaired) electrons. The average molecular weight is 290 g/mol. The lowest BCUT2D eigenvalue weighted by atomic mass is 10.00. The van der Waals surface area contributed by atoms with E-state index in [-0.39, 0.29) is 5.91 Å². The lowest BCUT2D eigenvalue weighted by Crippen LogP contribution is -2.33. The van der Waals surface area contributed by atoms with Gasteiger partial charge in [0.25, 0.3) is 0 Å². The summed E-state index contributed by atoms with van der Waals surface area (Å²) in [4.78, 5) is 11.3. The summed E-state index contributed by atoms with van der Waals surface area (Å²) in [6, 6.07) is 8.41. The van der Waals surface area contributed by atoms with Gasteiger partial charge in [-0.15, -0.1) is 0 Å². The van der Waals surface area contributed by atoms with Gasteiger partial charge in [-0.05, 0) is 43.5 Å². The Balaban J connectivity index is 1.86. The number of hydrogen-bond acceptors (Lipinski definition) is 3. The van der Waals surface area contributed by atoms with Crippen molar-refractivity contribution in [2.75, 3.05) is 17.2 Å². The van der Waals surface area contributed by atoms with Gasteiger partial charge in [-0.2, -0.15) is 0 Å². The summed E-state index contributed by atoms with van der Waals surface area (Å²) in [7, 11) is 0. The summed E-state index contributed by atoms with van der Waals surface area (Å²) in [5, 5.41) is 6.43. The van der Waals surface area contributed by atoms with Crippen LogP contribution < -0.4 is 10.6 Å². The quantitative estimate of drug-likeness (QED) is 0.838. The van der Waals surface area contributed by atoms with E-state index in [1.165, 1.54) is 6.42 Å². The normalized spacial score (nSPS) is 21.8. The molecule has 1 heterocycles. The molecule has 2 unspecified atom stereocenters. The topological polar surface area (TPSA) is 50.4 Å². The minimum absolute atomic E-state index is 0.0440. The molecule has 1 fully saturated rings. The second-order valence-electron chi connectivity index (χ2n) is 5.63. The Kier molecular flexibility index (Phi) is 6.05. The van der Waals surface area contributed by atoms with Gasteiger partial charge >= 0.3 is 0 Å². The number of hydrogen-bond donors (Lipinski definition) is 2. The predicted octanol–water partition coefficient (Wildman–Crippen LogP) is 3.79. The van der Waals surface area contributed by atoms with Crippen LogP contribution in [0.5, 0.6) is 0 Å². The van der Waals surface area contributed by atoms with Crippen LogP contribution >= 0.6 is 0 Å². The third-order valence-electron chi connectivity index (χ3n) is 3.84. The molecule has 21 heavy (non-hydrogen) atoms. The molecule has 116 valence electrons. The first-order chi connectivity index (χ1) is 10.2. The van der Waals surface area contributed by atoms with Crippen LogP contribution in [0.1, 0.15) is 46.0 Å². The maximum Gasteiger partial charge on any atom is 0.224 e. The van der Waals surface area contributed by atoms with E-state index in [1.54, 1.807) is 0 Å². The van der Waals surface area contributed by atoms with Crippen LogP contribution in [-0.4, -0.2) is 24.7 Å². The van der Waals surface area contributed by atoms with E-state index < -0.39 is 0 Å². The Morgan fingerprint density at radius 1 is 1.24 bits per heavy atom. The van der Waals surface area contributed by atoms with Crippen molar-refractivity contribution >= 4 is 17.3 Å². The maximum atomic E-state index is 11.3. The number of benzene rings is 1. The number of anilines is 2. The average Bonchev–Trinajstić information content (AvgIpc) is 2.50. The zero-order valence-electron chi connectivity index (χ0n) is 13.0. The molecular weight excluding hydrogens is 264 g/mol. The Labute approximate surface area is 127 Å². The van der Waals surface area contributed by atoms with Crippen molar-refractivity contribution in [1.82, 2.24) is 0 Å². The highest BCUT2D eigenvalue weighted by atomic mass is 16.5. The lowest BCUT2D eigenvalue weighted by Gasteiger charge is -2.30. The molecule has 1 aliphatic heterocycles. The summed E-state index contributed by atoms with van der Waals surface area (Å²) in [5.74, 6) is 0.0440. The highest BCUT2D eigenvalue weighted by molar-refractivity contribution is 5.90. The van der Waals surface area contributed by atoms with Crippen molar-refractivity contribution in [3.05, 3.63) is 24.3 Å². The van der Waals surface area contributed by atoms with Gasteiger partial charge in [-0.1, -0.05) is 20.3 Å². The van der Waals surface area contributed by atoms with Gasteiger partial charge < -0.3 is 15.4 Å². The lowest BCUT2D eigenvalue weighted by molar-refractivity contribution is -0.115. The third kappa shape index (κ3) is 5.05. The third-order valence-corrected chi connectivity index (χ3v) is 3.84. The van der Waals surface area contributed by atoms with Crippen molar-refractivity contribution in [1.29, 1.82) is 0 Å². The number of nitrogens with one attached hydrogen (secondary N) is 2. The van der Waals surface area contributed by atoms with Crippen LogP contribution in [0.25, 0.3) is 0 Å². The predicted molar refractivity (Wildman–Crippen MR) is 86.7 cm³/mol. The molecular formula is C17H26N2O2. The molecule has 2 rings (SSSR count). The molecule has 4 heteroatoms. The highest BCUT2D eigenvalue weighted by Gasteiger charge is 2.21. The van der Waals surface area contributed by atoms with Crippen LogP contribution in [-0.2, 0) is 9.53 Å². The van der Waals surface area contributed by atoms with Crippen molar-refractivity contribution in [3.8, 4) is 0 Å². The second kappa shape index (κ2) is 8.03. The Hall–Kier alpha value is -1.55. The van der Waals surface area contributed by atoms with Crippen LogP contribution in [0.15, 0.2) is 24.3 Å². The molecule has 0 spiro atoms. The SMILES string of the molecule is CCCC1CC(Nc2ccc(NC(=O)CC)cc2)CCO1. The minimum atomic E-state index is 0.0440. The molecule has 2 atom stereocenters. The van der Waals surface area contributed by atoms with E-state index in [0.29, 0.717) is 18.6 Å².